The Morgan fingerprint density at radius 1 is 1.33 bits per heavy atom. The number of benzene rings is 1. The van der Waals surface area contributed by atoms with Crippen LogP contribution in [0, 0.1) is 23.2 Å². The molecule has 2 aromatic rings. The Morgan fingerprint density at radius 2 is 2.07 bits per heavy atom. The number of nitrogens with one attached hydrogen (secondary N) is 1. The highest BCUT2D eigenvalue weighted by atomic mass is 16.5. The van der Waals surface area contributed by atoms with Crippen molar-refractivity contribution in [2.75, 3.05) is 12.4 Å². The molecule has 3 N–H and O–H groups in total. The maximum Gasteiger partial charge on any atom is 0.308 e. The van der Waals surface area contributed by atoms with Gasteiger partial charge >= 0.3 is 5.97 Å². The zero-order chi connectivity index (χ0) is 19.4. The Kier molecular flexibility index (Phi) is 5.41. The molecule has 1 aromatic heterocycles. The molecule has 0 bridgehead atoms. The number of nitrogens with two attached hydrogens (primary N) is 1. The van der Waals surface area contributed by atoms with Crippen molar-refractivity contribution in [2.45, 2.75) is 25.3 Å². The Hall–Kier alpha value is -3.34. The van der Waals surface area contributed by atoms with Crippen molar-refractivity contribution < 1.29 is 14.3 Å². The van der Waals surface area contributed by atoms with Gasteiger partial charge in [0, 0.05) is 11.9 Å². The molecule has 1 fully saturated rings. The van der Waals surface area contributed by atoms with Crippen LogP contribution in [0.1, 0.15) is 35.7 Å². The van der Waals surface area contributed by atoms with Crippen LogP contribution in [0.25, 0.3) is 0 Å². The normalized spacial score (nSPS) is 21.9. The van der Waals surface area contributed by atoms with Gasteiger partial charge in [-0.25, -0.2) is 0 Å². The number of nitrogens with zero attached hydrogens (tertiary/aromatic N) is 3. The Labute approximate surface area is 156 Å². The Balaban J connectivity index is 1.92. The number of methoxy groups -OCH3 is 1. The number of carbonyl (C=O) groups excluding carboxylic acids is 2. The fourth-order valence-electron chi connectivity index (χ4n) is 3.46. The van der Waals surface area contributed by atoms with Crippen molar-refractivity contribution in [3.8, 4) is 6.07 Å². The third kappa shape index (κ3) is 3.92. The zero-order valence-electron chi connectivity index (χ0n) is 15.0. The molecule has 1 amide bonds. The molecule has 8 nitrogen and oxygen atoms in total. The SMILES string of the molecule is COC(=O)C1CC[C@H](C#N)C(n2cc(C(N)=O)c(Nc3ccccc3)n2)C1. The average molecular weight is 367 g/mol. The molecule has 8 heteroatoms. The van der Waals surface area contributed by atoms with E-state index in [2.05, 4.69) is 16.5 Å². The number of esters is 1. The minimum atomic E-state index is -0.617. The van der Waals surface area contributed by atoms with Crippen LogP contribution in [0.15, 0.2) is 36.5 Å². The van der Waals surface area contributed by atoms with Gasteiger partial charge in [0.25, 0.3) is 5.91 Å². The van der Waals surface area contributed by atoms with Gasteiger partial charge in [-0.2, -0.15) is 10.4 Å². The van der Waals surface area contributed by atoms with E-state index in [1.807, 2.05) is 30.3 Å². The second-order valence-corrected chi connectivity index (χ2v) is 6.56. The first-order valence-corrected chi connectivity index (χ1v) is 8.72. The summed E-state index contributed by atoms with van der Waals surface area (Å²) >= 11 is 0. The molecular weight excluding hydrogens is 346 g/mol. The summed E-state index contributed by atoms with van der Waals surface area (Å²) in [6, 6.07) is 11.2. The third-order valence-electron chi connectivity index (χ3n) is 4.89. The third-order valence-corrected chi connectivity index (χ3v) is 4.89. The monoisotopic (exact) mass is 367 g/mol. The second-order valence-electron chi connectivity index (χ2n) is 6.56. The van der Waals surface area contributed by atoms with Crippen LogP contribution >= 0.6 is 0 Å². The van der Waals surface area contributed by atoms with Crippen LogP contribution < -0.4 is 11.1 Å². The predicted octanol–water partition coefficient (Wildman–Crippen LogP) is 2.38. The van der Waals surface area contributed by atoms with Crippen LogP contribution in [0.4, 0.5) is 11.5 Å². The number of hydrogen-bond donors (Lipinski definition) is 2. The van der Waals surface area contributed by atoms with Crippen LogP contribution in [0.3, 0.4) is 0 Å². The van der Waals surface area contributed by atoms with E-state index in [9.17, 15) is 14.9 Å². The maximum absolute atomic E-state index is 11.9. The van der Waals surface area contributed by atoms with E-state index >= 15 is 0 Å². The summed E-state index contributed by atoms with van der Waals surface area (Å²) in [4.78, 5) is 23.8. The fraction of sp³-hybridized carbons (Fsp3) is 0.368. The van der Waals surface area contributed by atoms with Gasteiger partial charge in [0.2, 0.25) is 0 Å². The molecule has 0 saturated heterocycles. The first-order valence-electron chi connectivity index (χ1n) is 8.72. The van der Waals surface area contributed by atoms with Crippen LogP contribution in [0.5, 0.6) is 0 Å². The number of carbonyl (C=O) groups is 2. The van der Waals surface area contributed by atoms with Gasteiger partial charge < -0.3 is 15.8 Å². The van der Waals surface area contributed by atoms with Crippen molar-refractivity contribution in [3.05, 3.63) is 42.1 Å². The fourth-order valence-corrected chi connectivity index (χ4v) is 3.46. The van der Waals surface area contributed by atoms with Crippen molar-refractivity contribution in [1.82, 2.24) is 9.78 Å². The van der Waals surface area contributed by atoms with Crippen molar-refractivity contribution in [2.24, 2.45) is 17.6 Å². The highest BCUT2D eigenvalue weighted by Crippen LogP contribution is 2.38. The summed E-state index contributed by atoms with van der Waals surface area (Å²) in [7, 11) is 1.36. The van der Waals surface area contributed by atoms with E-state index in [1.165, 1.54) is 7.11 Å². The molecule has 0 aliphatic heterocycles. The van der Waals surface area contributed by atoms with Crippen LogP contribution in [-0.4, -0.2) is 28.8 Å². The van der Waals surface area contributed by atoms with Crippen molar-refractivity contribution in [3.63, 3.8) is 0 Å². The lowest BCUT2D eigenvalue weighted by atomic mass is 9.79. The Morgan fingerprint density at radius 3 is 2.70 bits per heavy atom. The molecule has 1 heterocycles. The van der Waals surface area contributed by atoms with Crippen LogP contribution in [-0.2, 0) is 9.53 Å². The highest BCUT2D eigenvalue weighted by molar-refractivity contribution is 5.98. The van der Waals surface area contributed by atoms with E-state index in [4.69, 9.17) is 10.5 Å². The van der Waals surface area contributed by atoms with Gasteiger partial charge in [-0.1, -0.05) is 18.2 Å². The van der Waals surface area contributed by atoms with Gasteiger partial charge in [-0.15, -0.1) is 0 Å². The summed E-state index contributed by atoms with van der Waals surface area (Å²) in [5, 5.41) is 17.1. The summed E-state index contributed by atoms with van der Waals surface area (Å²) in [6.07, 6.45) is 3.13. The van der Waals surface area contributed by atoms with E-state index in [-0.39, 0.29) is 29.4 Å². The van der Waals surface area contributed by atoms with Crippen molar-refractivity contribution in [1.29, 1.82) is 5.26 Å². The summed E-state index contributed by atoms with van der Waals surface area (Å²) in [5.41, 5.74) is 6.50. The number of amides is 1. The molecule has 1 saturated carbocycles. The molecule has 140 valence electrons. The molecule has 0 radical (unpaired) electrons. The molecule has 1 aliphatic rings. The molecule has 27 heavy (non-hydrogen) atoms. The van der Waals surface area contributed by atoms with Gasteiger partial charge in [-0.3, -0.25) is 14.3 Å². The highest BCUT2D eigenvalue weighted by Gasteiger charge is 2.36. The largest absolute Gasteiger partial charge is 0.469 e. The topological polar surface area (TPSA) is 123 Å². The van der Waals surface area contributed by atoms with E-state index < -0.39 is 5.91 Å². The number of ether oxygens (including phenoxy) is 1. The van der Waals surface area contributed by atoms with Gasteiger partial charge in [-0.05, 0) is 31.4 Å². The first kappa shape index (κ1) is 18.5. The van der Waals surface area contributed by atoms with E-state index in [0.29, 0.717) is 25.1 Å². The van der Waals surface area contributed by atoms with Crippen molar-refractivity contribution >= 4 is 23.4 Å². The minimum absolute atomic E-state index is 0.232. The van der Waals surface area contributed by atoms with Crippen LogP contribution in [0.2, 0.25) is 0 Å². The standard InChI is InChI=1S/C19H21N5O3/c1-27-19(26)12-7-8-13(10-20)16(9-12)24-11-15(17(21)25)18(23-24)22-14-5-3-2-4-6-14/h2-6,11-13,16H,7-9H2,1H3,(H2,21,25)(H,22,23)/t12?,13-,16?/m1/s1. The zero-order valence-corrected chi connectivity index (χ0v) is 15.0. The molecule has 3 rings (SSSR count). The molecule has 1 aromatic carbocycles. The quantitative estimate of drug-likeness (QED) is 0.782. The number of hydrogen-bond acceptors (Lipinski definition) is 6. The molecule has 1 aliphatic carbocycles. The molecule has 3 atom stereocenters. The number of nitriles is 1. The summed E-state index contributed by atoms with van der Waals surface area (Å²) in [5.74, 6) is -1.19. The van der Waals surface area contributed by atoms with E-state index in [0.717, 1.165) is 5.69 Å². The summed E-state index contributed by atoms with van der Waals surface area (Å²) in [6.45, 7) is 0. The van der Waals surface area contributed by atoms with Gasteiger partial charge in [0.15, 0.2) is 5.82 Å². The number of primary amides is 1. The molecule has 0 spiro atoms. The molecular formula is C19H21N5O3. The number of aromatic nitrogens is 2. The number of anilines is 2. The lowest BCUT2D eigenvalue weighted by Gasteiger charge is -2.31. The Bertz CT molecular complexity index is 871. The first-order chi connectivity index (χ1) is 13.0. The number of para-hydroxylation sites is 1. The maximum atomic E-state index is 11.9. The lowest BCUT2D eigenvalue weighted by Crippen LogP contribution is -2.31. The van der Waals surface area contributed by atoms with Gasteiger partial charge in [0.05, 0.1) is 31.1 Å². The average Bonchev–Trinajstić information content (AvgIpc) is 3.11. The molecule has 2 unspecified atom stereocenters. The second kappa shape index (κ2) is 7.91. The minimum Gasteiger partial charge on any atom is -0.469 e. The summed E-state index contributed by atoms with van der Waals surface area (Å²) < 4.78 is 6.43. The number of rotatable bonds is 5. The predicted molar refractivity (Wildman–Crippen MR) is 98.0 cm³/mol. The smallest absolute Gasteiger partial charge is 0.308 e. The van der Waals surface area contributed by atoms with Gasteiger partial charge in [0.1, 0.15) is 5.56 Å². The van der Waals surface area contributed by atoms with E-state index in [1.54, 1.807) is 10.9 Å². The lowest BCUT2D eigenvalue weighted by molar-refractivity contribution is -0.147.